The zero-order chi connectivity index (χ0) is 39.0. The summed E-state index contributed by atoms with van der Waals surface area (Å²) in [6.07, 6.45) is 0.810. The average molecular weight is 747 g/mol. The number of carbonyl (C=O) groups is 2. The van der Waals surface area contributed by atoms with Gasteiger partial charge in [-0.2, -0.15) is 0 Å². The van der Waals surface area contributed by atoms with Gasteiger partial charge in [-0.3, -0.25) is 0 Å². The Labute approximate surface area is 327 Å². The van der Waals surface area contributed by atoms with Crippen LogP contribution in [0, 0.1) is 0 Å². The molecule has 2 unspecified atom stereocenters. The van der Waals surface area contributed by atoms with Crippen LogP contribution in [-0.2, 0) is 19.1 Å². The second-order valence-electron chi connectivity index (χ2n) is 12.6. The maximum atomic E-state index is 12.2. The highest BCUT2D eigenvalue weighted by molar-refractivity contribution is 5.81. The fourth-order valence-electron chi connectivity index (χ4n) is 5.76. The van der Waals surface area contributed by atoms with Crippen molar-refractivity contribution in [3.8, 4) is 56.4 Å². The van der Waals surface area contributed by atoms with E-state index in [4.69, 9.17) is 28.4 Å². The molecular formula is C48H42O8. The molecule has 0 aromatic heterocycles. The lowest BCUT2D eigenvalue weighted by Crippen LogP contribution is -2.30. The van der Waals surface area contributed by atoms with Crippen LogP contribution in [0.5, 0.6) is 23.0 Å². The van der Waals surface area contributed by atoms with Crippen LogP contribution in [0.1, 0.15) is 0 Å². The second-order valence-corrected chi connectivity index (χ2v) is 12.6. The van der Waals surface area contributed by atoms with Gasteiger partial charge in [0, 0.05) is 17.7 Å². The largest absolute Gasteiger partial charge is 0.490 e. The van der Waals surface area contributed by atoms with Gasteiger partial charge in [0.2, 0.25) is 0 Å². The number of esters is 2. The van der Waals surface area contributed by atoms with E-state index in [2.05, 4.69) is 13.2 Å². The average Bonchev–Trinajstić information content (AvgIpc) is 3.26. The minimum Gasteiger partial charge on any atom is -0.490 e. The molecule has 0 aliphatic carbocycles. The first kappa shape index (κ1) is 38.7. The van der Waals surface area contributed by atoms with E-state index in [1.165, 1.54) is 0 Å². The number of hydrogen-bond acceptors (Lipinski definition) is 8. The lowest BCUT2D eigenvalue weighted by atomic mass is 10.0. The third-order valence-corrected chi connectivity index (χ3v) is 8.57. The molecule has 2 atom stereocenters. The molecule has 0 saturated heterocycles. The van der Waals surface area contributed by atoms with Gasteiger partial charge in [-0.1, -0.05) is 128 Å². The fraction of sp³-hybridized carbons (Fsp3) is 0.125. The smallest absolute Gasteiger partial charge is 0.330 e. The van der Waals surface area contributed by atoms with E-state index in [1.807, 2.05) is 158 Å². The van der Waals surface area contributed by atoms with Gasteiger partial charge in [-0.05, 0) is 70.3 Å². The Morgan fingerprint density at radius 1 is 0.429 bits per heavy atom. The third kappa shape index (κ3) is 11.2. The summed E-state index contributed by atoms with van der Waals surface area (Å²) in [6.45, 7) is 7.29. The molecule has 0 heterocycles. The summed E-state index contributed by atoms with van der Waals surface area (Å²) in [5, 5.41) is 0. The van der Waals surface area contributed by atoms with Gasteiger partial charge in [-0.15, -0.1) is 0 Å². The molecule has 8 heteroatoms. The van der Waals surface area contributed by atoms with Crippen LogP contribution < -0.4 is 18.9 Å². The zero-order valence-corrected chi connectivity index (χ0v) is 30.8. The predicted molar refractivity (Wildman–Crippen MR) is 218 cm³/mol. The maximum absolute atomic E-state index is 12.2. The maximum Gasteiger partial charge on any atom is 0.330 e. The molecule has 6 aromatic carbocycles. The molecule has 56 heavy (non-hydrogen) atoms. The lowest BCUT2D eigenvalue weighted by molar-refractivity contribution is -0.147. The summed E-state index contributed by atoms with van der Waals surface area (Å²) in [7, 11) is 0. The quantitative estimate of drug-likeness (QED) is 0.0598. The molecule has 6 aromatic rings. The van der Waals surface area contributed by atoms with Gasteiger partial charge in [0.05, 0.1) is 0 Å². The summed E-state index contributed by atoms with van der Waals surface area (Å²) in [5.74, 6) is 1.30. The van der Waals surface area contributed by atoms with E-state index < -0.39 is 24.1 Å². The Morgan fingerprint density at radius 2 is 0.857 bits per heavy atom. The normalized spacial score (nSPS) is 11.6. The monoisotopic (exact) mass is 746 g/mol. The first-order valence-corrected chi connectivity index (χ1v) is 18.1. The fourth-order valence-corrected chi connectivity index (χ4v) is 5.76. The van der Waals surface area contributed by atoms with Crippen LogP contribution in [0.15, 0.2) is 183 Å². The number of carbonyl (C=O) groups excluding carboxylic acids is 2. The summed E-state index contributed by atoms with van der Waals surface area (Å²) < 4.78 is 35.5. The van der Waals surface area contributed by atoms with Gasteiger partial charge in [-0.25, -0.2) is 9.59 Å². The molecule has 0 aliphatic heterocycles. The first-order valence-electron chi connectivity index (χ1n) is 18.1. The minimum absolute atomic E-state index is 0.0413. The second kappa shape index (κ2) is 19.9. The Bertz CT molecular complexity index is 2200. The number of rotatable bonds is 19. The van der Waals surface area contributed by atoms with Gasteiger partial charge >= 0.3 is 11.9 Å². The van der Waals surface area contributed by atoms with E-state index in [9.17, 15) is 9.59 Å². The van der Waals surface area contributed by atoms with E-state index in [-0.39, 0.29) is 26.4 Å². The van der Waals surface area contributed by atoms with Crippen molar-refractivity contribution in [2.24, 2.45) is 0 Å². The van der Waals surface area contributed by atoms with Crippen molar-refractivity contribution in [3.63, 3.8) is 0 Å². The van der Waals surface area contributed by atoms with Crippen molar-refractivity contribution in [2.75, 3.05) is 26.4 Å². The van der Waals surface area contributed by atoms with Gasteiger partial charge < -0.3 is 28.4 Å². The van der Waals surface area contributed by atoms with Crippen molar-refractivity contribution in [1.82, 2.24) is 0 Å². The minimum atomic E-state index is -0.718. The van der Waals surface area contributed by atoms with Gasteiger partial charge in [0.25, 0.3) is 0 Å². The van der Waals surface area contributed by atoms with Crippen LogP contribution in [-0.4, -0.2) is 50.6 Å². The molecular weight excluding hydrogens is 705 g/mol. The number of benzene rings is 6. The Balaban J connectivity index is 1.07. The van der Waals surface area contributed by atoms with E-state index >= 15 is 0 Å². The summed E-state index contributed by atoms with van der Waals surface area (Å²) in [4.78, 5) is 24.4. The summed E-state index contributed by atoms with van der Waals surface area (Å²) >= 11 is 0. The molecule has 8 nitrogen and oxygen atoms in total. The van der Waals surface area contributed by atoms with Crippen LogP contribution in [0.2, 0.25) is 0 Å². The summed E-state index contributed by atoms with van der Waals surface area (Å²) in [6, 6.07) is 50.5. The molecule has 0 radical (unpaired) electrons. The molecule has 0 spiro atoms. The van der Waals surface area contributed by atoms with Gasteiger partial charge in [0.1, 0.15) is 49.4 Å². The molecule has 0 fully saturated rings. The molecule has 282 valence electrons. The Morgan fingerprint density at radius 3 is 1.36 bits per heavy atom. The lowest BCUT2D eigenvalue weighted by Gasteiger charge is -2.20. The van der Waals surface area contributed by atoms with Crippen molar-refractivity contribution >= 4 is 11.9 Å². The van der Waals surface area contributed by atoms with Crippen molar-refractivity contribution in [3.05, 3.63) is 183 Å². The van der Waals surface area contributed by atoms with Crippen molar-refractivity contribution in [1.29, 1.82) is 0 Å². The standard InChI is InChI=1S/C48H42O8/c1-3-47(49)55-43(32-52-41-21-13-19-38(29-41)35-15-7-5-8-16-35)31-51-40-27-25-37(26-28-40)45-23-11-12-24-46(45)54-34-44(56-48(50)4-2)33-53-42-22-14-20-39(30-42)36-17-9-6-10-18-36/h3-30,43-44H,1-2,31-34H2. The SMILES string of the molecule is C=CC(=O)OC(COc1ccc(-c2ccccc2OCC(COc2cccc(-c3ccccc3)c2)OC(=O)C=C)cc1)COc1cccc(-c2ccccc2)c1. The van der Waals surface area contributed by atoms with Crippen LogP contribution in [0.25, 0.3) is 33.4 Å². The van der Waals surface area contributed by atoms with Crippen LogP contribution in [0.3, 0.4) is 0 Å². The topological polar surface area (TPSA) is 89.5 Å². The number of hydrogen-bond donors (Lipinski definition) is 0. The number of para-hydroxylation sites is 1. The Kier molecular flexibility index (Phi) is 13.7. The van der Waals surface area contributed by atoms with Gasteiger partial charge in [0.15, 0.2) is 12.2 Å². The van der Waals surface area contributed by atoms with E-state index in [0.29, 0.717) is 23.0 Å². The highest BCUT2D eigenvalue weighted by Gasteiger charge is 2.18. The Hall–Kier alpha value is -7.06. The van der Waals surface area contributed by atoms with Crippen molar-refractivity contribution in [2.45, 2.75) is 12.2 Å². The third-order valence-electron chi connectivity index (χ3n) is 8.57. The first-order chi connectivity index (χ1) is 27.5. The van der Waals surface area contributed by atoms with E-state index in [0.717, 1.165) is 45.5 Å². The highest BCUT2D eigenvalue weighted by Crippen LogP contribution is 2.32. The molecule has 0 aliphatic rings. The van der Waals surface area contributed by atoms with Crippen LogP contribution in [0.4, 0.5) is 0 Å². The molecule has 0 amide bonds. The number of ether oxygens (including phenoxy) is 6. The van der Waals surface area contributed by atoms with Crippen LogP contribution >= 0.6 is 0 Å². The highest BCUT2D eigenvalue weighted by atomic mass is 16.6. The zero-order valence-electron chi connectivity index (χ0n) is 30.8. The van der Waals surface area contributed by atoms with Crippen molar-refractivity contribution < 1.29 is 38.0 Å². The van der Waals surface area contributed by atoms with E-state index in [1.54, 1.807) is 0 Å². The molecule has 0 saturated carbocycles. The predicted octanol–water partition coefficient (Wildman–Crippen LogP) is 9.80. The molecule has 0 N–H and O–H groups in total. The molecule has 6 rings (SSSR count). The molecule has 0 bridgehead atoms. The summed E-state index contributed by atoms with van der Waals surface area (Å²) in [5.41, 5.74) is 5.85.